The Balaban J connectivity index is 3.24. The molecule has 0 spiro atoms. The molecule has 4 nitrogen and oxygen atoms in total. The van der Waals surface area contributed by atoms with E-state index in [-0.39, 0.29) is 11.8 Å². The smallest absolute Gasteiger partial charge is 0.131 e. The zero-order valence-corrected chi connectivity index (χ0v) is 9.28. The molecule has 0 fully saturated rings. The third-order valence-corrected chi connectivity index (χ3v) is 2.36. The average molecular weight is 211 g/mol. The van der Waals surface area contributed by atoms with Gasteiger partial charge in [0.05, 0.1) is 19.8 Å². The second-order valence-electron chi connectivity index (χ2n) is 3.28. The highest BCUT2D eigenvalue weighted by molar-refractivity contribution is 5.51. The first-order valence-corrected chi connectivity index (χ1v) is 4.84. The SMILES string of the molecule is CC[C@H](N)c1c(O)cc(OC)cc1OC. The Bertz CT molecular complexity index is 339. The summed E-state index contributed by atoms with van der Waals surface area (Å²) in [6.45, 7) is 1.95. The molecule has 0 unspecified atom stereocenters. The van der Waals surface area contributed by atoms with Crippen molar-refractivity contribution < 1.29 is 14.6 Å². The van der Waals surface area contributed by atoms with Gasteiger partial charge in [-0.3, -0.25) is 0 Å². The first kappa shape index (κ1) is 11.7. The molecular formula is C11H17NO3. The molecule has 3 N–H and O–H groups in total. The number of phenols is 1. The van der Waals surface area contributed by atoms with Crippen molar-refractivity contribution >= 4 is 0 Å². The normalized spacial score (nSPS) is 12.3. The Morgan fingerprint density at radius 1 is 1.33 bits per heavy atom. The Morgan fingerprint density at radius 3 is 2.47 bits per heavy atom. The van der Waals surface area contributed by atoms with Crippen molar-refractivity contribution in [1.29, 1.82) is 0 Å². The molecule has 84 valence electrons. The van der Waals surface area contributed by atoms with E-state index in [9.17, 15) is 5.11 Å². The van der Waals surface area contributed by atoms with Gasteiger partial charge in [0.1, 0.15) is 17.2 Å². The van der Waals surface area contributed by atoms with Crippen LogP contribution in [0.5, 0.6) is 17.2 Å². The molecule has 0 saturated carbocycles. The van der Waals surface area contributed by atoms with Crippen molar-refractivity contribution in [2.24, 2.45) is 5.73 Å². The molecule has 0 aliphatic carbocycles. The number of phenolic OH excluding ortho intramolecular Hbond substituents is 1. The molecule has 4 heteroatoms. The fourth-order valence-electron chi connectivity index (χ4n) is 1.45. The third kappa shape index (κ3) is 2.33. The van der Waals surface area contributed by atoms with E-state index < -0.39 is 0 Å². The van der Waals surface area contributed by atoms with Crippen LogP contribution in [0.1, 0.15) is 24.9 Å². The number of ether oxygens (including phenoxy) is 2. The lowest BCUT2D eigenvalue weighted by Crippen LogP contribution is -2.10. The van der Waals surface area contributed by atoms with Crippen LogP contribution >= 0.6 is 0 Å². The second-order valence-corrected chi connectivity index (χ2v) is 3.28. The van der Waals surface area contributed by atoms with Gasteiger partial charge in [-0.2, -0.15) is 0 Å². The lowest BCUT2D eigenvalue weighted by atomic mass is 10.0. The van der Waals surface area contributed by atoms with Crippen LogP contribution in [0.2, 0.25) is 0 Å². The van der Waals surface area contributed by atoms with Gasteiger partial charge in [-0.1, -0.05) is 6.92 Å². The van der Waals surface area contributed by atoms with Crippen LogP contribution < -0.4 is 15.2 Å². The molecule has 0 saturated heterocycles. The molecule has 0 aliphatic heterocycles. The molecule has 0 heterocycles. The zero-order valence-electron chi connectivity index (χ0n) is 9.28. The number of nitrogens with two attached hydrogens (primary N) is 1. The fraction of sp³-hybridized carbons (Fsp3) is 0.455. The molecular weight excluding hydrogens is 194 g/mol. The Hall–Kier alpha value is -1.42. The van der Waals surface area contributed by atoms with Gasteiger partial charge in [-0.25, -0.2) is 0 Å². The quantitative estimate of drug-likeness (QED) is 0.797. The molecule has 1 aromatic carbocycles. The summed E-state index contributed by atoms with van der Waals surface area (Å²) in [4.78, 5) is 0. The topological polar surface area (TPSA) is 64.7 Å². The Morgan fingerprint density at radius 2 is 2.00 bits per heavy atom. The van der Waals surface area contributed by atoms with Gasteiger partial charge in [0, 0.05) is 18.2 Å². The number of methoxy groups -OCH3 is 2. The average Bonchev–Trinajstić information content (AvgIpc) is 2.26. The van der Waals surface area contributed by atoms with Crippen molar-refractivity contribution in [2.45, 2.75) is 19.4 Å². The first-order chi connectivity index (χ1) is 7.13. The van der Waals surface area contributed by atoms with Gasteiger partial charge in [0.15, 0.2) is 0 Å². The third-order valence-electron chi connectivity index (χ3n) is 2.36. The van der Waals surface area contributed by atoms with Crippen LogP contribution in [0.3, 0.4) is 0 Å². The number of hydrogen-bond donors (Lipinski definition) is 2. The van der Waals surface area contributed by atoms with Crippen LogP contribution in [0.25, 0.3) is 0 Å². The second kappa shape index (κ2) is 4.89. The van der Waals surface area contributed by atoms with E-state index in [0.29, 0.717) is 17.1 Å². The van der Waals surface area contributed by atoms with Crippen LogP contribution in [0.4, 0.5) is 0 Å². The van der Waals surface area contributed by atoms with E-state index in [1.165, 1.54) is 13.2 Å². The van der Waals surface area contributed by atoms with Crippen molar-refractivity contribution in [1.82, 2.24) is 0 Å². The van der Waals surface area contributed by atoms with Crippen LogP contribution in [-0.2, 0) is 0 Å². The van der Waals surface area contributed by atoms with Gasteiger partial charge >= 0.3 is 0 Å². The van der Waals surface area contributed by atoms with E-state index in [1.807, 2.05) is 6.92 Å². The van der Waals surface area contributed by atoms with E-state index in [1.54, 1.807) is 13.2 Å². The molecule has 0 aromatic heterocycles. The lowest BCUT2D eigenvalue weighted by molar-refractivity contribution is 0.374. The molecule has 1 rings (SSSR count). The molecule has 15 heavy (non-hydrogen) atoms. The number of rotatable bonds is 4. The maximum Gasteiger partial charge on any atom is 0.131 e. The number of benzene rings is 1. The minimum absolute atomic E-state index is 0.112. The van der Waals surface area contributed by atoms with Gasteiger partial charge in [0.2, 0.25) is 0 Å². The van der Waals surface area contributed by atoms with E-state index in [2.05, 4.69) is 0 Å². The van der Waals surface area contributed by atoms with Crippen LogP contribution in [0, 0.1) is 0 Å². The minimum Gasteiger partial charge on any atom is -0.507 e. The van der Waals surface area contributed by atoms with E-state index in [0.717, 1.165) is 6.42 Å². The highest BCUT2D eigenvalue weighted by Crippen LogP contribution is 2.37. The summed E-state index contributed by atoms with van der Waals surface area (Å²) < 4.78 is 10.2. The Kier molecular flexibility index (Phi) is 3.80. The van der Waals surface area contributed by atoms with Crippen LogP contribution in [0.15, 0.2) is 12.1 Å². The minimum atomic E-state index is -0.231. The highest BCUT2D eigenvalue weighted by atomic mass is 16.5. The Labute approximate surface area is 89.6 Å². The van der Waals surface area contributed by atoms with Crippen molar-refractivity contribution in [2.75, 3.05) is 14.2 Å². The number of aromatic hydroxyl groups is 1. The predicted molar refractivity (Wildman–Crippen MR) is 58.4 cm³/mol. The molecule has 1 atom stereocenters. The summed E-state index contributed by atoms with van der Waals surface area (Å²) in [5, 5.41) is 9.80. The van der Waals surface area contributed by atoms with Gasteiger partial charge < -0.3 is 20.3 Å². The van der Waals surface area contributed by atoms with Crippen molar-refractivity contribution in [3.63, 3.8) is 0 Å². The molecule has 1 aromatic rings. The molecule has 0 bridgehead atoms. The maximum absolute atomic E-state index is 9.80. The van der Waals surface area contributed by atoms with Gasteiger partial charge in [-0.05, 0) is 6.42 Å². The first-order valence-electron chi connectivity index (χ1n) is 4.84. The van der Waals surface area contributed by atoms with Gasteiger partial charge in [0.25, 0.3) is 0 Å². The van der Waals surface area contributed by atoms with Crippen LogP contribution in [-0.4, -0.2) is 19.3 Å². The van der Waals surface area contributed by atoms with Crippen molar-refractivity contribution in [3.8, 4) is 17.2 Å². The summed E-state index contributed by atoms with van der Waals surface area (Å²) in [6, 6.07) is 3.02. The predicted octanol–water partition coefficient (Wildman–Crippen LogP) is 1.82. The molecule has 0 aliphatic rings. The molecule has 0 radical (unpaired) electrons. The zero-order chi connectivity index (χ0) is 11.4. The molecule has 0 amide bonds. The summed E-state index contributed by atoms with van der Waals surface area (Å²) in [7, 11) is 3.08. The van der Waals surface area contributed by atoms with E-state index >= 15 is 0 Å². The number of hydrogen-bond acceptors (Lipinski definition) is 4. The van der Waals surface area contributed by atoms with Crippen molar-refractivity contribution in [3.05, 3.63) is 17.7 Å². The summed E-state index contributed by atoms with van der Waals surface area (Å²) >= 11 is 0. The monoisotopic (exact) mass is 211 g/mol. The lowest BCUT2D eigenvalue weighted by Gasteiger charge is -2.16. The largest absolute Gasteiger partial charge is 0.507 e. The fourth-order valence-corrected chi connectivity index (χ4v) is 1.45. The standard InChI is InChI=1S/C11H17NO3/c1-4-8(12)11-9(13)5-7(14-2)6-10(11)15-3/h5-6,8,13H,4,12H2,1-3H3/t8-/m0/s1. The summed E-state index contributed by atoms with van der Waals surface area (Å²) in [6.07, 6.45) is 0.732. The highest BCUT2D eigenvalue weighted by Gasteiger charge is 2.16. The van der Waals surface area contributed by atoms with E-state index in [4.69, 9.17) is 15.2 Å². The summed E-state index contributed by atoms with van der Waals surface area (Å²) in [5.41, 5.74) is 6.51. The summed E-state index contributed by atoms with van der Waals surface area (Å²) in [5.74, 6) is 1.22. The maximum atomic E-state index is 9.80. The van der Waals surface area contributed by atoms with Gasteiger partial charge in [-0.15, -0.1) is 0 Å².